The maximum atomic E-state index is 5.26. The monoisotopic (exact) mass is 234 g/mol. The van der Waals surface area contributed by atoms with Gasteiger partial charge in [0.15, 0.2) is 16.6 Å². The Bertz CT molecular complexity index is 525. The van der Waals surface area contributed by atoms with Gasteiger partial charge in [-0.05, 0) is 31.3 Å². The first-order valence-corrected chi connectivity index (χ1v) is 4.98. The van der Waals surface area contributed by atoms with Crippen LogP contribution in [-0.2, 0) is 0 Å². The second-order valence-electron chi connectivity index (χ2n) is 3.13. The van der Waals surface area contributed by atoms with Crippen molar-refractivity contribution >= 4 is 34.2 Å². The summed E-state index contributed by atoms with van der Waals surface area (Å²) in [5.41, 5.74) is 9.95. The largest absolute Gasteiger partial charge is 0.375 e. The molecule has 0 bridgehead atoms. The SMILES string of the molecule is C/C(=N/NC(N)=S)c1nc2ncccc2[nH]1. The molecule has 2 aromatic rings. The van der Waals surface area contributed by atoms with Crippen LogP contribution in [0.4, 0.5) is 0 Å². The van der Waals surface area contributed by atoms with E-state index in [4.69, 9.17) is 5.73 Å². The zero-order valence-electron chi connectivity index (χ0n) is 8.56. The maximum absolute atomic E-state index is 5.26. The normalized spacial score (nSPS) is 11.7. The van der Waals surface area contributed by atoms with E-state index in [-0.39, 0.29) is 5.11 Å². The molecular formula is C9H10N6S. The van der Waals surface area contributed by atoms with Crippen molar-refractivity contribution in [2.45, 2.75) is 6.92 Å². The van der Waals surface area contributed by atoms with Crippen molar-refractivity contribution in [2.24, 2.45) is 10.8 Å². The van der Waals surface area contributed by atoms with Crippen molar-refractivity contribution in [3.63, 3.8) is 0 Å². The number of fused-ring (bicyclic) bond motifs is 1. The van der Waals surface area contributed by atoms with E-state index >= 15 is 0 Å². The van der Waals surface area contributed by atoms with Gasteiger partial charge in [-0.15, -0.1) is 0 Å². The van der Waals surface area contributed by atoms with Gasteiger partial charge in [-0.1, -0.05) is 0 Å². The summed E-state index contributed by atoms with van der Waals surface area (Å²) in [6, 6.07) is 3.73. The van der Waals surface area contributed by atoms with E-state index in [1.807, 2.05) is 12.1 Å². The van der Waals surface area contributed by atoms with E-state index in [0.717, 1.165) is 5.52 Å². The summed E-state index contributed by atoms with van der Waals surface area (Å²) in [5.74, 6) is 0.637. The molecule has 0 unspecified atom stereocenters. The summed E-state index contributed by atoms with van der Waals surface area (Å²) in [7, 11) is 0. The maximum Gasteiger partial charge on any atom is 0.184 e. The van der Waals surface area contributed by atoms with Gasteiger partial charge < -0.3 is 10.7 Å². The Morgan fingerprint density at radius 2 is 2.44 bits per heavy atom. The van der Waals surface area contributed by atoms with Crippen LogP contribution < -0.4 is 11.2 Å². The fourth-order valence-corrected chi connectivity index (χ4v) is 1.25. The number of aromatic nitrogens is 3. The molecule has 0 aliphatic carbocycles. The smallest absolute Gasteiger partial charge is 0.184 e. The number of thiocarbonyl (C=S) groups is 1. The van der Waals surface area contributed by atoms with Crippen molar-refractivity contribution in [3.05, 3.63) is 24.2 Å². The first-order valence-electron chi connectivity index (χ1n) is 4.57. The highest BCUT2D eigenvalue weighted by molar-refractivity contribution is 7.80. The first kappa shape index (κ1) is 10.5. The van der Waals surface area contributed by atoms with Crippen molar-refractivity contribution < 1.29 is 0 Å². The minimum absolute atomic E-state index is 0.119. The molecule has 82 valence electrons. The van der Waals surface area contributed by atoms with E-state index in [1.165, 1.54) is 0 Å². The number of imidazole rings is 1. The highest BCUT2D eigenvalue weighted by atomic mass is 32.1. The number of nitrogens with two attached hydrogens (primary N) is 1. The molecule has 0 fully saturated rings. The number of nitrogens with one attached hydrogen (secondary N) is 2. The van der Waals surface area contributed by atoms with Gasteiger partial charge in [0.05, 0.1) is 5.52 Å². The van der Waals surface area contributed by atoms with E-state index in [1.54, 1.807) is 13.1 Å². The average Bonchev–Trinajstić information content (AvgIpc) is 2.69. The minimum atomic E-state index is 0.119. The molecule has 6 nitrogen and oxygen atoms in total. The van der Waals surface area contributed by atoms with Gasteiger partial charge >= 0.3 is 0 Å². The molecule has 2 aromatic heterocycles. The summed E-state index contributed by atoms with van der Waals surface area (Å²) < 4.78 is 0. The lowest BCUT2D eigenvalue weighted by Gasteiger charge is -1.97. The summed E-state index contributed by atoms with van der Waals surface area (Å²) in [6.07, 6.45) is 1.69. The van der Waals surface area contributed by atoms with E-state index in [2.05, 4.69) is 37.7 Å². The van der Waals surface area contributed by atoms with Crippen LogP contribution in [0.3, 0.4) is 0 Å². The fourth-order valence-electron chi connectivity index (χ4n) is 1.21. The molecule has 0 aliphatic heterocycles. The standard InChI is InChI=1S/C9H10N6S/c1-5(14-15-9(10)16)7-12-6-3-2-4-11-8(6)13-7/h2-4H,1H3,(H3,10,15,16)(H,11,12,13)/b14-5-. The van der Waals surface area contributed by atoms with Crippen LogP contribution in [-0.4, -0.2) is 25.8 Å². The van der Waals surface area contributed by atoms with Crippen molar-refractivity contribution in [2.75, 3.05) is 0 Å². The quantitative estimate of drug-likeness (QED) is 0.400. The number of H-pyrrole nitrogens is 1. The summed E-state index contributed by atoms with van der Waals surface area (Å²) in [5, 5.41) is 4.09. The van der Waals surface area contributed by atoms with Crippen LogP contribution >= 0.6 is 12.2 Å². The van der Waals surface area contributed by atoms with Gasteiger partial charge in [-0.2, -0.15) is 5.10 Å². The van der Waals surface area contributed by atoms with Gasteiger partial charge in [-0.25, -0.2) is 9.97 Å². The molecule has 0 saturated heterocycles. The zero-order chi connectivity index (χ0) is 11.5. The lowest BCUT2D eigenvalue weighted by Crippen LogP contribution is -2.25. The van der Waals surface area contributed by atoms with Crippen LogP contribution in [0, 0.1) is 0 Å². The Kier molecular flexibility index (Phi) is 2.78. The topological polar surface area (TPSA) is 92.0 Å². The minimum Gasteiger partial charge on any atom is -0.375 e. The molecule has 0 spiro atoms. The molecule has 2 heterocycles. The number of hydrazone groups is 1. The summed E-state index contributed by atoms with van der Waals surface area (Å²) in [4.78, 5) is 11.5. The number of nitrogens with zero attached hydrogens (tertiary/aromatic N) is 3. The van der Waals surface area contributed by atoms with Crippen LogP contribution in [0.15, 0.2) is 23.4 Å². The average molecular weight is 234 g/mol. The summed E-state index contributed by atoms with van der Waals surface area (Å²) in [6.45, 7) is 1.79. The second kappa shape index (κ2) is 4.23. The number of pyridine rings is 1. The number of hydrogen-bond donors (Lipinski definition) is 3. The van der Waals surface area contributed by atoms with Gasteiger partial charge in [0, 0.05) is 6.20 Å². The third-order valence-corrected chi connectivity index (χ3v) is 2.03. The molecule has 0 radical (unpaired) electrons. The van der Waals surface area contributed by atoms with Gasteiger partial charge in [0.2, 0.25) is 0 Å². The molecule has 0 aliphatic rings. The Morgan fingerprint density at radius 1 is 1.62 bits per heavy atom. The molecule has 0 aromatic carbocycles. The first-order chi connectivity index (χ1) is 7.66. The molecule has 7 heteroatoms. The molecule has 2 rings (SSSR count). The van der Waals surface area contributed by atoms with E-state index in [9.17, 15) is 0 Å². The Balaban J connectivity index is 2.33. The van der Waals surface area contributed by atoms with Crippen LogP contribution in [0.25, 0.3) is 11.2 Å². The lowest BCUT2D eigenvalue weighted by atomic mass is 10.4. The van der Waals surface area contributed by atoms with Crippen LogP contribution in [0.5, 0.6) is 0 Å². The number of rotatable bonds is 2. The highest BCUT2D eigenvalue weighted by Gasteiger charge is 2.05. The van der Waals surface area contributed by atoms with E-state index < -0.39 is 0 Å². The molecule has 0 saturated carbocycles. The number of aromatic amines is 1. The third kappa shape index (κ3) is 2.14. The van der Waals surface area contributed by atoms with Crippen molar-refractivity contribution in [1.29, 1.82) is 0 Å². The predicted octanol–water partition coefficient (Wildman–Crippen LogP) is 0.515. The molecule has 0 amide bonds. The van der Waals surface area contributed by atoms with Crippen molar-refractivity contribution in [3.8, 4) is 0 Å². The molecule has 16 heavy (non-hydrogen) atoms. The molecule has 4 N–H and O–H groups in total. The van der Waals surface area contributed by atoms with Gasteiger partial charge in [0.25, 0.3) is 0 Å². The highest BCUT2D eigenvalue weighted by Crippen LogP contribution is 2.07. The molecular weight excluding hydrogens is 224 g/mol. The zero-order valence-corrected chi connectivity index (χ0v) is 9.38. The Hall–Kier alpha value is -2.02. The number of hydrogen-bond acceptors (Lipinski definition) is 4. The second-order valence-corrected chi connectivity index (χ2v) is 3.57. The lowest BCUT2D eigenvalue weighted by molar-refractivity contribution is 1.02. The fraction of sp³-hybridized carbons (Fsp3) is 0.111. The van der Waals surface area contributed by atoms with Crippen LogP contribution in [0.2, 0.25) is 0 Å². The Labute approximate surface area is 97.0 Å². The van der Waals surface area contributed by atoms with Crippen molar-refractivity contribution in [1.82, 2.24) is 20.4 Å². The van der Waals surface area contributed by atoms with Crippen LogP contribution in [0.1, 0.15) is 12.7 Å². The summed E-state index contributed by atoms with van der Waals surface area (Å²) >= 11 is 4.64. The predicted molar refractivity (Wildman–Crippen MR) is 66.0 cm³/mol. The third-order valence-electron chi connectivity index (χ3n) is 1.93. The van der Waals surface area contributed by atoms with Gasteiger partial charge in [-0.3, -0.25) is 5.43 Å². The molecule has 0 atom stereocenters. The Morgan fingerprint density at radius 3 is 3.12 bits per heavy atom. The van der Waals surface area contributed by atoms with Gasteiger partial charge in [0.1, 0.15) is 5.71 Å². The van der Waals surface area contributed by atoms with E-state index in [0.29, 0.717) is 17.2 Å².